The first-order valence-corrected chi connectivity index (χ1v) is 10.6. The molecule has 1 N–H and O–H groups in total. The van der Waals surface area contributed by atoms with E-state index in [2.05, 4.69) is 27.7 Å². The van der Waals surface area contributed by atoms with Gasteiger partial charge in [0.05, 0.1) is 29.8 Å². The van der Waals surface area contributed by atoms with E-state index in [9.17, 15) is 9.90 Å². The number of hydrogen-bond donors (Lipinski definition) is 1. The number of fused-ring (bicyclic) bond motifs is 2. The average Bonchev–Trinajstić information content (AvgIpc) is 2.91. The molecular formula is C22H40O5. The normalized spacial score (nSPS) is 45.7. The van der Waals surface area contributed by atoms with Crippen LogP contribution in [0.15, 0.2) is 0 Å². The Balaban J connectivity index is 2.42. The van der Waals surface area contributed by atoms with Crippen LogP contribution in [0.4, 0.5) is 0 Å². The van der Waals surface area contributed by atoms with E-state index in [0.29, 0.717) is 12.3 Å². The molecule has 5 heteroatoms. The zero-order valence-electron chi connectivity index (χ0n) is 18.4. The molecule has 2 heterocycles. The van der Waals surface area contributed by atoms with Crippen molar-refractivity contribution in [1.82, 2.24) is 0 Å². The molecule has 10 atom stereocenters. The molecule has 2 rings (SSSR count). The summed E-state index contributed by atoms with van der Waals surface area (Å²) in [6.07, 6.45) is 1.39. The van der Waals surface area contributed by atoms with Crippen molar-refractivity contribution in [3.8, 4) is 0 Å². The Hall–Kier alpha value is -0.650. The molecule has 2 saturated heterocycles. The van der Waals surface area contributed by atoms with Crippen molar-refractivity contribution >= 4 is 5.97 Å². The minimum Gasteiger partial charge on any atom is -0.461 e. The predicted molar refractivity (Wildman–Crippen MR) is 105 cm³/mol. The van der Waals surface area contributed by atoms with Crippen molar-refractivity contribution in [2.75, 3.05) is 7.11 Å². The molecule has 2 aliphatic rings. The molecule has 0 aromatic rings. The van der Waals surface area contributed by atoms with Gasteiger partial charge in [-0.3, -0.25) is 4.79 Å². The standard InChI is InChI=1S/C22H40O5/c1-9-17(23)14(4)20-15(5)19-13(3)11-22(7,27-19)10-12(2)18(25-8)16(6)21(24)26-20/h12-20,23H,9-11H2,1-8H3/t12?,13?,14-,15-,16+,17+,18-,19?,20?,22+/m0/s1. The number of aliphatic hydroxyl groups excluding tert-OH is 1. The number of rotatable bonds is 4. The van der Waals surface area contributed by atoms with Crippen LogP contribution in [0.5, 0.6) is 0 Å². The van der Waals surface area contributed by atoms with E-state index in [1.165, 1.54) is 0 Å². The first-order chi connectivity index (χ1) is 12.5. The molecule has 2 bridgehead atoms. The lowest BCUT2D eigenvalue weighted by atomic mass is 9.78. The molecule has 2 aliphatic heterocycles. The number of methoxy groups -OCH3 is 1. The van der Waals surface area contributed by atoms with Crippen molar-refractivity contribution in [3.05, 3.63) is 0 Å². The van der Waals surface area contributed by atoms with Crippen LogP contribution in [0.1, 0.15) is 67.7 Å². The Morgan fingerprint density at radius 2 is 1.81 bits per heavy atom. The lowest BCUT2D eigenvalue weighted by Crippen LogP contribution is -2.45. The van der Waals surface area contributed by atoms with Crippen molar-refractivity contribution in [2.24, 2.45) is 29.6 Å². The fraction of sp³-hybridized carbons (Fsp3) is 0.955. The Morgan fingerprint density at radius 3 is 2.37 bits per heavy atom. The van der Waals surface area contributed by atoms with Gasteiger partial charge in [-0.1, -0.05) is 34.6 Å². The first-order valence-electron chi connectivity index (χ1n) is 10.6. The molecule has 2 fully saturated rings. The van der Waals surface area contributed by atoms with Gasteiger partial charge in [-0.15, -0.1) is 0 Å². The largest absolute Gasteiger partial charge is 0.461 e. The lowest BCUT2D eigenvalue weighted by molar-refractivity contribution is -0.171. The molecular weight excluding hydrogens is 344 g/mol. The van der Waals surface area contributed by atoms with Gasteiger partial charge in [-0.25, -0.2) is 0 Å². The summed E-state index contributed by atoms with van der Waals surface area (Å²) in [4.78, 5) is 13.0. The van der Waals surface area contributed by atoms with E-state index in [0.717, 1.165) is 12.8 Å². The van der Waals surface area contributed by atoms with Crippen LogP contribution in [0.25, 0.3) is 0 Å². The van der Waals surface area contributed by atoms with Gasteiger partial charge in [0.2, 0.25) is 0 Å². The van der Waals surface area contributed by atoms with Crippen LogP contribution < -0.4 is 0 Å². The van der Waals surface area contributed by atoms with Crippen molar-refractivity contribution in [3.63, 3.8) is 0 Å². The quantitative estimate of drug-likeness (QED) is 0.747. The molecule has 0 radical (unpaired) electrons. The van der Waals surface area contributed by atoms with Gasteiger partial charge < -0.3 is 19.3 Å². The maximum absolute atomic E-state index is 13.0. The number of carbonyl (C=O) groups is 1. The van der Waals surface area contributed by atoms with Gasteiger partial charge in [0.1, 0.15) is 6.10 Å². The summed E-state index contributed by atoms with van der Waals surface area (Å²) in [6.45, 7) is 14.5. The number of aliphatic hydroxyl groups is 1. The summed E-state index contributed by atoms with van der Waals surface area (Å²) in [5, 5.41) is 10.5. The van der Waals surface area contributed by atoms with E-state index in [1.807, 2.05) is 20.8 Å². The van der Waals surface area contributed by atoms with Gasteiger partial charge in [0.15, 0.2) is 0 Å². The summed E-state index contributed by atoms with van der Waals surface area (Å²) in [6, 6.07) is 0. The number of hydrogen-bond acceptors (Lipinski definition) is 5. The van der Waals surface area contributed by atoms with E-state index in [-0.39, 0.29) is 53.6 Å². The highest BCUT2D eigenvalue weighted by Crippen LogP contribution is 2.45. The predicted octanol–water partition coefficient (Wildman–Crippen LogP) is 3.82. The van der Waals surface area contributed by atoms with Gasteiger partial charge in [0.25, 0.3) is 0 Å². The van der Waals surface area contributed by atoms with Crippen molar-refractivity contribution in [2.45, 2.75) is 97.7 Å². The maximum atomic E-state index is 13.0. The third-order valence-corrected chi connectivity index (χ3v) is 7.02. The van der Waals surface area contributed by atoms with Gasteiger partial charge >= 0.3 is 5.97 Å². The molecule has 27 heavy (non-hydrogen) atoms. The van der Waals surface area contributed by atoms with Gasteiger partial charge in [-0.05, 0) is 44.9 Å². The van der Waals surface area contributed by atoms with E-state index in [1.54, 1.807) is 7.11 Å². The summed E-state index contributed by atoms with van der Waals surface area (Å²) in [7, 11) is 1.66. The Morgan fingerprint density at radius 1 is 1.22 bits per heavy atom. The van der Waals surface area contributed by atoms with Crippen molar-refractivity contribution < 1.29 is 24.1 Å². The number of cyclic esters (lactones) is 1. The zero-order chi connectivity index (χ0) is 20.5. The van der Waals surface area contributed by atoms with E-state index >= 15 is 0 Å². The highest BCUT2D eigenvalue weighted by molar-refractivity contribution is 5.73. The smallest absolute Gasteiger partial charge is 0.311 e. The monoisotopic (exact) mass is 384 g/mol. The van der Waals surface area contributed by atoms with Gasteiger partial charge in [0, 0.05) is 18.9 Å². The molecule has 0 amide bonds. The molecule has 158 valence electrons. The maximum Gasteiger partial charge on any atom is 0.311 e. The molecule has 0 aromatic heterocycles. The van der Waals surface area contributed by atoms with Crippen molar-refractivity contribution in [1.29, 1.82) is 0 Å². The van der Waals surface area contributed by atoms with Crippen LogP contribution in [0.3, 0.4) is 0 Å². The Kier molecular flexibility index (Phi) is 7.37. The minimum absolute atomic E-state index is 0.0147. The summed E-state index contributed by atoms with van der Waals surface area (Å²) < 4.78 is 18.4. The SMILES string of the molecule is CC[C@@H](O)[C@H](C)C1OC(=O)[C@H](C)[C@@H](OC)C(C)C[C@]2(C)CC(C)C(O2)[C@@H]1C. The fourth-order valence-electron chi connectivity index (χ4n) is 5.62. The highest BCUT2D eigenvalue weighted by Gasteiger charge is 2.49. The van der Waals surface area contributed by atoms with E-state index in [4.69, 9.17) is 14.2 Å². The number of ether oxygens (including phenoxy) is 3. The first kappa shape index (κ1) is 22.6. The number of esters is 1. The second-order valence-electron chi connectivity index (χ2n) is 9.48. The molecule has 0 aliphatic carbocycles. The van der Waals surface area contributed by atoms with Gasteiger partial charge in [-0.2, -0.15) is 0 Å². The zero-order valence-corrected chi connectivity index (χ0v) is 18.4. The van der Waals surface area contributed by atoms with Crippen LogP contribution in [0.2, 0.25) is 0 Å². The van der Waals surface area contributed by atoms with Crippen LogP contribution in [0, 0.1) is 29.6 Å². The molecule has 0 saturated carbocycles. The fourth-order valence-corrected chi connectivity index (χ4v) is 5.62. The molecule has 5 nitrogen and oxygen atoms in total. The molecule has 0 spiro atoms. The second-order valence-corrected chi connectivity index (χ2v) is 9.48. The Labute approximate surface area is 165 Å². The third kappa shape index (κ3) is 4.68. The van der Waals surface area contributed by atoms with Crippen LogP contribution in [-0.2, 0) is 19.0 Å². The lowest BCUT2D eigenvalue weighted by Gasteiger charge is -2.36. The molecule has 0 aromatic carbocycles. The average molecular weight is 385 g/mol. The summed E-state index contributed by atoms with van der Waals surface area (Å²) in [5.41, 5.74) is -0.223. The van der Waals surface area contributed by atoms with E-state index < -0.39 is 6.10 Å². The summed E-state index contributed by atoms with van der Waals surface area (Å²) >= 11 is 0. The van der Waals surface area contributed by atoms with Crippen LogP contribution >= 0.6 is 0 Å². The summed E-state index contributed by atoms with van der Waals surface area (Å²) in [5.74, 6) is -0.174. The topological polar surface area (TPSA) is 65.0 Å². The molecule has 4 unspecified atom stereocenters. The number of carbonyl (C=O) groups excluding carboxylic acids is 1. The third-order valence-electron chi connectivity index (χ3n) is 7.02. The second kappa shape index (κ2) is 8.79. The minimum atomic E-state index is -0.508. The Bertz CT molecular complexity index is 509. The van der Waals surface area contributed by atoms with Crippen LogP contribution in [-0.4, -0.2) is 48.2 Å². The highest BCUT2D eigenvalue weighted by atomic mass is 16.6.